The van der Waals surface area contributed by atoms with Crippen LogP contribution in [0.3, 0.4) is 0 Å². The van der Waals surface area contributed by atoms with Gasteiger partial charge in [0, 0.05) is 19.3 Å². The van der Waals surface area contributed by atoms with E-state index in [9.17, 15) is 14.4 Å². The number of hydrogen-bond acceptors (Lipinski definition) is 6. The molecule has 0 aromatic carbocycles. The van der Waals surface area contributed by atoms with E-state index in [0.29, 0.717) is 19.3 Å². The molecule has 0 amide bonds. The van der Waals surface area contributed by atoms with Gasteiger partial charge in [0.2, 0.25) is 0 Å². The molecule has 0 aliphatic rings. The minimum Gasteiger partial charge on any atom is -0.462 e. The second-order valence-corrected chi connectivity index (χ2v) is 14.6. The number of rotatable bonds is 39. The third-order valence-corrected chi connectivity index (χ3v) is 9.20. The van der Waals surface area contributed by atoms with Crippen LogP contribution >= 0.6 is 0 Å². The number of ether oxygens (including phenoxy) is 3. The monoisotopic (exact) mass is 767 g/mol. The third kappa shape index (κ3) is 41.8. The second-order valence-electron chi connectivity index (χ2n) is 14.6. The van der Waals surface area contributed by atoms with E-state index in [0.717, 1.165) is 109 Å². The first-order valence-corrected chi connectivity index (χ1v) is 22.4. The van der Waals surface area contributed by atoms with E-state index >= 15 is 0 Å². The number of allylic oxidation sites excluding steroid dienone is 12. The molecular weight excluding hydrogens is 685 g/mol. The van der Waals surface area contributed by atoms with Crippen molar-refractivity contribution >= 4 is 17.9 Å². The fraction of sp³-hybridized carbons (Fsp3) is 0.694. The van der Waals surface area contributed by atoms with Crippen molar-refractivity contribution in [2.24, 2.45) is 0 Å². The summed E-state index contributed by atoms with van der Waals surface area (Å²) in [5.74, 6) is -0.965. The summed E-state index contributed by atoms with van der Waals surface area (Å²) in [5.41, 5.74) is 0. The lowest BCUT2D eigenvalue weighted by Gasteiger charge is -2.18. The van der Waals surface area contributed by atoms with Crippen molar-refractivity contribution in [2.45, 2.75) is 207 Å². The van der Waals surface area contributed by atoms with Crippen molar-refractivity contribution in [3.63, 3.8) is 0 Å². The van der Waals surface area contributed by atoms with Crippen molar-refractivity contribution in [3.8, 4) is 0 Å². The van der Waals surface area contributed by atoms with E-state index in [1.807, 2.05) is 0 Å². The predicted molar refractivity (Wildman–Crippen MR) is 233 cm³/mol. The van der Waals surface area contributed by atoms with Crippen LogP contribution in [0.25, 0.3) is 0 Å². The minimum atomic E-state index is -0.795. The summed E-state index contributed by atoms with van der Waals surface area (Å²) in [6.07, 6.45) is 53.2. The van der Waals surface area contributed by atoms with E-state index in [-0.39, 0.29) is 31.1 Å². The topological polar surface area (TPSA) is 78.9 Å². The van der Waals surface area contributed by atoms with Gasteiger partial charge >= 0.3 is 17.9 Å². The summed E-state index contributed by atoms with van der Waals surface area (Å²) < 4.78 is 16.6. The highest BCUT2D eigenvalue weighted by Crippen LogP contribution is 2.12. The fourth-order valence-electron chi connectivity index (χ4n) is 5.81. The molecule has 0 aromatic rings. The van der Waals surface area contributed by atoms with Crippen LogP contribution in [0.5, 0.6) is 0 Å². The van der Waals surface area contributed by atoms with Crippen LogP contribution < -0.4 is 0 Å². The van der Waals surface area contributed by atoms with Gasteiger partial charge in [-0.15, -0.1) is 0 Å². The van der Waals surface area contributed by atoms with Crippen LogP contribution in [-0.4, -0.2) is 37.2 Å². The summed E-state index contributed by atoms with van der Waals surface area (Å²) in [6.45, 7) is 6.38. The number of esters is 3. The molecule has 0 N–H and O–H groups in total. The number of hydrogen-bond donors (Lipinski definition) is 0. The van der Waals surface area contributed by atoms with Gasteiger partial charge in [0.25, 0.3) is 0 Å². The molecule has 0 spiro atoms. The summed E-state index contributed by atoms with van der Waals surface area (Å²) in [6, 6.07) is 0. The van der Waals surface area contributed by atoms with Gasteiger partial charge in [-0.1, -0.05) is 164 Å². The normalized spacial score (nSPS) is 12.7. The molecule has 0 bridgehead atoms. The average Bonchev–Trinajstić information content (AvgIpc) is 3.18. The van der Waals surface area contributed by atoms with Crippen LogP contribution in [-0.2, 0) is 28.6 Å². The lowest BCUT2D eigenvalue weighted by molar-refractivity contribution is -0.167. The van der Waals surface area contributed by atoms with Crippen LogP contribution in [0.4, 0.5) is 0 Å². The molecule has 55 heavy (non-hydrogen) atoms. The largest absolute Gasteiger partial charge is 0.462 e. The summed E-state index contributed by atoms with van der Waals surface area (Å²) in [7, 11) is 0. The first-order valence-electron chi connectivity index (χ1n) is 22.4. The number of carbonyl (C=O) groups excluding carboxylic acids is 3. The van der Waals surface area contributed by atoms with Gasteiger partial charge < -0.3 is 14.2 Å². The van der Waals surface area contributed by atoms with Crippen LogP contribution in [0, 0.1) is 0 Å². The Morgan fingerprint density at radius 2 is 0.709 bits per heavy atom. The Bertz CT molecular complexity index is 1070. The molecule has 1 atom stereocenters. The Hall–Kier alpha value is -3.15. The van der Waals surface area contributed by atoms with E-state index < -0.39 is 6.10 Å². The first kappa shape index (κ1) is 51.9. The van der Waals surface area contributed by atoms with Crippen molar-refractivity contribution in [3.05, 3.63) is 72.9 Å². The average molecular weight is 767 g/mol. The molecule has 0 aliphatic heterocycles. The molecular formula is C49H82O6. The lowest BCUT2D eigenvalue weighted by atomic mass is 10.1. The van der Waals surface area contributed by atoms with Crippen LogP contribution in [0.1, 0.15) is 201 Å². The standard InChI is InChI=1S/C49H82O6/c1-4-7-10-13-16-18-20-22-24-26-28-30-33-36-39-42-48(51)54-45-46(44-53-47(50)41-38-35-32-15-12-9-6-3)55-49(52)43-40-37-34-31-29-27-25-23-21-19-17-14-11-8-5-2/h7,10,16-19,22-25,28,30,46H,4-6,8-9,11-15,20-21,26-27,29,31-45H2,1-3H3/b10-7-,18-16-,19-17-,24-22-,25-23-,30-28-. The number of unbranched alkanes of at least 4 members (excludes halogenated alkanes) is 16. The maximum atomic E-state index is 12.7. The van der Waals surface area contributed by atoms with Crippen LogP contribution in [0.2, 0.25) is 0 Å². The van der Waals surface area contributed by atoms with Crippen molar-refractivity contribution in [1.82, 2.24) is 0 Å². The summed E-state index contributed by atoms with van der Waals surface area (Å²) >= 11 is 0. The van der Waals surface area contributed by atoms with Gasteiger partial charge in [0.1, 0.15) is 13.2 Å². The number of carbonyl (C=O) groups is 3. The third-order valence-electron chi connectivity index (χ3n) is 9.20. The predicted octanol–water partition coefficient (Wildman–Crippen LogP) is 14.3. The van der Waals surface area contributed by atoms with E-state index in [1.165, 1.54) is 51.4 Å². The second kappa shape index (κ2) is 43.6. The van der Waals surface area contributed by atoms with E-state index in [4.69, 9.17) is 14.2 Å². The lowest BCUT2D eigenvalue weighted by Crippen LogP contribution is -2.30. The molecule has 314 valence electrons. The molecule has 6 nitrogen and oxygen atoms in total. The van der Waals surface area contributed by atoms with Gasteiger partial charge in [0.05, 0.1) is 0 Å². The van der Waals surface area contributed by atoms with Crippen LogP contribution in [0.15, 0.2) is 72.9 Å². The highest BCUT2D eigenvalue weighted by molar-refractivity contribution is 5.71. The van der Waals surface area contributed by atoms with E-state index in [1.54, 1.807) is 0 Å². The quantitative estimate of drug-likeness (QED) is 0.0268. The Kier molecular flexibility index (Phi) is 41.1. The Morgan fingerprint density at radius 3 is 1.18 bits per heavy atom. The minimum absolute atomic E-state index is 0.0949. The zero-order valence-electron chi connectivity index (χ0n) is 35.7. The fourth-order valence-corrected chi connectivity index (χ4v) is 5.81. The molecule has 0 aromatic heterocycles. The maximum Gasteiger partial charge on any atom is 0.306 e. The first-order chi connectivity index (χ1) is 27.0. The molecule has 6 heteroatoms. The van der Waals surface area contributed by atoms with E-state index in [2.05, 4.69) is 93.7 Å². The molecule has 0 radical (unpaired) electrons. The molecule has 0 rings (SSSR count). The summed E-state index contributed by atoms with van der Waals surface area (Å²) in [5, 5.41) is 0. The molecule has 0 saturated heterocycles. The molecule has 0 aliphatic carbocycles. The Morgan fingerprint density at radius 1 is 0.382 bits per heavy atom. The zero-order chi connectivity index (χ0) is 40.1. The molecule has 1 unspecified atom stereocenters. The molecule has 0 saturated carbocycles. The van der Waals surface area contributed by atoms with Crippen molar-refractivity contribution in [2.75, 3.05) is 13.2 Å². The van der Waals surface area contributed by atoms with Gasteiger partial charge in [-0.2, -0.15) is 0 Å². The van der Waals surface area contributed by atoms with Gasteiger partial charge in [-0.3, -0.25) is 14.4 Å². The highest BCUT2D eigenvalue weighted by atomic mass is 16.6. The van der Waals surface area contributed by atoms with Gasteiger partial charge in [-0.05, 0) is 89.9 Å². The molecule has 0 heterocycles. The Balaban J connectivity index is 4.42. The maximum absolute atomic E-state index is 12.7. The van der Waals surface area contributed by atoms with Gasteiger partial charge in [-0.25, -0.2) is 0 Å². The van der Waals surface area contributed by atoms with Crippen molar-refractivity contribution < 1.29 is 28.6 Å². The van der Waals surface area contributed by atoms with Crippen molar-refractivity contribution in [1.29, 1.82) is 0 Å². The molecule has 0 fully saturated rings. The summed E-state index contributed by atoms with van der Waals surface area (Å²) in [4.78, 5) is 37.6. The highest BCUT2D eigenvalue weighted by Gasteiger charge is 2.19. The Labute approximate surface area is 338 Å². The zero-order valence-corrected chi connectivity index (χ0v) is 35.7. The van der Waals surface area contributed by atoms with Gasteiger partial charge in [0.15, 0.2) is 6.10 Å². The smallest absolute Gasteiger partial charge is 0.306 e. The SMILES string of the molecule is CC/C=C\C/C=C\C/C=C\C/C=C\CCCCC(=O)OCC(COC(=O)CCCCCCCCC)OC(=O)CCCCCCC/C=C\C/C=C\CCCCC.